The van der Waals surface area contributed by atoms with Crippen molar-refractivity contribution in [2.75, 3.05) is 0 Å². The van der Waals surface area contributed by atoms with E-state index in [2.05, 4.69) is 52.0 Å². The molecule has 0 bridgehead atoms. The number of aryl methyl sites for hydroxylation is 1. The standard InChI is InChI=1S/C20H30N6.HI/c1-15-9-11-18(12-10-15)23-20(21-13-17-7-5-4-6-8-17)22-14-19-25-24-16(2)26(19)3;/h4-8,15,18H,9-14H2,1-3H3,(H2,21,22,23);1H. The van der Waals surface area contributed by atoms with Crippen molar-refractivity contribution >= 4 is 29.9 Å². The molecule has 0 saturated heterocycles. The second-order valence-electron chi connectivity index (χ2n) is 7.33. The van der Waals surface area contributed by atoms with Gasteiger partial charge >= 0.3 is 0 Å². The van der Waals surface area contributed by atoms with E-state index >= 15 is 0 Å². The molecule has 148 valence electrons. The molecule has 2 N–H and O–H groups in total. The number of hydrogen-bond donors (Lipinski definition) is 2. The number of halogens is 1. The highest BCUT2D eigenvalue weighted by molar-refractivity contribution is 14.0. The van der Waals surface area contributed by atoms with Crippen molar-refractivity contribution in [3.63, 3.8) is 0 Å². The molecule has 27 heavy (non-hydrogen) atoms. The van der Waals surface area contributed by atoms with Crippen molar-refractivity contribution < 1.29 is 0 Å². The molecule has 1 heterocycles. The quantitative estimate of drug-likeness (QED) is 0.389. The maximum Gasteiger partial charge on any atom is 0.192 e. The predicted octanol–water partition coefficient (Wildman–Crippen LogP) is 3.56. The van der Waals surface area contributed by atoms with Gasteiger partial charge in [-0.3, -0.25) is 0 Å². The minimum Gasteiger partial charge on any atom is -0.354 e. The van der Waals surface area contributed by atoms with E-state index in [9.17, 15) is 0 Å². The van der Waals surface area contributed by atoms with Gasteiger partial charge < -0.3 is 15.2 Å². The summed E-state index contributed by atoms with van der Waals surface area (Å²) in [5.74, 6) is 3.52. The normalized spacial score (nSPS) is 20.0. The summed E-state index contributed by atoms with van der Waals surface area (Å²) in [6, 6.07) is 10.8. The van der Waals surface area contributed by atoms with Crippen molar-refractivity contribution in [1.29, 1.82) is 0 Å². The van der Waals surface area contributed by atoms with Gasteiger partial charge in [0, 0.05) is 13.1 Å². The van der Waals surface area contributed by atoms with Crippen LogP contribution in [0, 0.1) is 12.8 Å². The zero-order chi connectivity index (χ0) is 18.4. The molecule has 1 aliphatic carbocycles. The number of aromatic nitrogens is 3. The van der Waals surface area contributed by atoms with Crippen LogP contribution in [-0.2, 0) is 20.1 Å². The molecule has 1 aliphatic rings. The largest absolute Gasteiger partial charge is 0.354 e. The van der Waals surface area contributed by atoms with Crippen molar-refractivity contribution in [2.45, 2.75) is 58.7 Å². The second kappa shape index (κ2) is 10.6. The highest BCUT2D eigenvalue weighted by atomic mass is 127. The lowest BCUT2D eigenvalue weighted by atomic mass is 9.87. The Balaban J connectivity index is 0.00000261. The summed E-state index contributed by atoms with van der Waals surface area (Å²) in [6.07, 6.45) is 4.98. The Morgan fingerprint density at radius 3 is 2.48 bits per heavy atom. The molecule has 1 saturated carbocycles. The number of rotatable bonds is 5. The molecule has 1 aromatic carbocycles. The molecule has 0 atom stereocenters. The van der Waals surface area contributed by atoms with Crippen LogP contribution in [0.4, 0.5) is 0 Å². The summed E-state index contributed by atoms with van der Waals surface area (Å²) < 4.78 is 2.00. The van der Waals surface area contributed by atoms with E-state index in [1.54, 1.807) is 0 Å². The molecule has 0 amide bonds. The maximum atomic E-state index is 4.80. The first-order valence-electron chi connectivity index (χ1n) is 9.55. The SMILES string of the molecule is Cc1nnc(CNC(=NCc2ccccc2)NC2CCC(C)CC2)n1C.I. The molecule has 0 unspecified atom stereocenters. The van der Waals surface area contributed by atoms with E-state index in [1.807, 2.05) is 24.6 Å². The van der Waals surface area contributed by atoms with Crippen LogP contribution in [0.25, 0.3) is 0 Å². The van der Waals surface area contributed by atoms with Crippen LogP contribution in [-0.4, -0.2) is 26.8 Å². The second-order valence-corrected chi connectivity index (χ2v) is 7.33. The monoisotopic (exact) mass is 482 g/mol. The van der Waals surface area contributed by atoms with Crippen molar-refractivity contribution in [3.05, 3.63) is 47.5 Å². The maximum absolute atomic E-state index is 4.80. The molecule has 7 heteroatoms. The van der Waals surface area contributed by atoms with Gasteiger partial charge in [0.25, 0.3) is 0 Å². The first kappa shape index (κ1) is 21.7. The lowest BCUT2D eigenvalue weighted by Crippen LogP contribution is -2.44. The molecule has 0 radical (unpaired) electrons. The number of nitrogens with zero attached hydrogens (tertiary/aromatic N) is 4. The van der Waals surface area contributed by atoms with Gasteiger partial charge in [0.15, 0.2) is 11.8 Å². The van der Waals surface area contributed by atoms with E-state index < -0.39 is 0 Å². The van der Waals surface area contributed by atoms with Crippen LogP contribution in [0.15, 0.2) is 35.3 Å². The summed E-state index contributed by atoms with van der Waals surface area (Å²) in [5.41, 5.74) is 1.21. The highest BCUT2D eigenvalue weighted by Crippen LogP contribution is 2.23. The molecule has 6 nitrogen and oxygen atoms in total. The molecular formula is C20H31IN6. The predicted molar refractivity (Wildman–Crippen MR) is 120 cm³/mol. The van der Waals surface area contributed by atoms with Gasteiger partial charge in [-0.05, 0) is 44.1 Å². The fourth-order valence-electron chi connectivity index (χ4n) is 3.27. The minimum atomic E-state index is 0. The summed E-state index contributed by atoms with van der Waals surface area (Å²) in [4.78, 5) is 4.80. The third-order valence-electron chi connectivity index (χ3n) is 5.22. The molecule has 2 aromatic rings. The molecule has 0 aliphatic heterocycles. The minimum absolute atomic E-state index is 0. The van der Waals surface area contributed by atoms with E-state index in [0.717, 1.165) is 23.5 Å². The van der Waals surface area contributed by atoms with Gasteiger partial charge in [0.1, 0.15) is 5.82 Å². The van der Waals surface area contributed by atoms with Crippen LogP contribution in [0.2, 0.25) is 0 Å². The van der Waals surface area contributed by atoms with Crippen LogP contribution in [0.5, 0.6) is 0 Å². The van der Waals surface area contributed by atoms with E-state index in [4.69, 9.17) is 4.99 Å². The zero-order valence-corrected chi connectivity index (χ0v) is 18.8. The Morgan fingerprint density at radius 1 is 1.15 bits per heavy atom. The molecule has 3 rings (SSSR count). The lowest BCUT2D eigenvalue weighted by molar-refractivity contribution is 0.329. The number of benzene rings is 1. The number of hydrogen-bond acceptors (Lipinski definition) is 3. The van der Waals surface area contributed by atoms with Gasteiger partial charge in [-0.25, -0.2) is 4.99 Å². The van der Waals surface area contributed by atoms with Crippen molar-refractivity contribution in [2.24, 2.45) is 18.0 Å². The van der Waals surface area contributed by atoms with Crippen LogP contribution in [0.1, 0.15) is 49.8 Å². The lowest BCUT2D eigenvalue weighted by Gasteiger charge is -2.28. The van der Waals surface area contributed by atoms with Gasteiger partial charge in [0.05, 0.1) is 13.1 Å². The molecular weight excluding hydrogens is 451 g/mol. The van der Waals surface area contributed by atoms with Crippen molar-refractivity contribution in [1.82, 2.24) is 25.4 Å². The van der Waals surface area contributed by atoms with Gasteiger partial charge in [-0.1, -0.05) is 37.3 Å². The molecule has 1 fully saturated rings. The smallest absolute Gasteiger partial charge is 0.192 e. The van der Waals surface area contributed by atoms with E-state index in [-0.39, 0.29) is 24.0 Å². The van der Waals surface area contributed by atoms with Crippen LogP contribution >= 0.6 is 24.0 Å². The average Bonchev–Trinajstić information content (AvgIpc) is 2.98. The topological polar surface area (TPSA) is 67.1 Å². The van der Waals surface area contributed by atoms with Crippen molar-refractivity contribution in [3.8, 4) is 0 Å². The Morgan fingerprint density at radius 2 is 1.85 bits per heavy atom. The first-order valence-corrected chi connectivity index (χ1v) is 9.55. The average molecular weight is 482 g/mol. The third-order valence-corrected chi connectivity index (χ3v) is 5.22. The Labute approximate surface area is 179 Å². The fourth-order valence-corrected chi connectivity index (χ4v) is 3.27. The molecule has 0 spiro atoms. The van der Waals surface area contributed by atoms with Gasteiger partial charge in [0.2, 0.25) is 0 Å². The number of guanidine groups is 1. The van der Waals surface area contributed by atoms with E-state index in [1.165, 1.54) is 31.2 Å². The summed E-state index contributed by atoms with van der Waals surface area (Å²) in [6.45, 7) is 5.58. The fraction of sp³-hybridized carbons (Fsp3) is 0.550. The Bertz CT molecular complexity index is 719. The highest BCUT2D eigenvalue weighted by Gasteiger charge is 2.19. The van der Waals surface area contributed by atoms with Crippen LogP contribution < -0.4 is 10.6 Å². The third kappa shape index (κ3) is 6.48. The van der Waals surface area contributed by atoms with Crippen LogP contribution in [0.3, 0.4) is 0 Å². The molecule has 1 aromatic heterocycles. The van der Waals surface area contributed by atoms with Gasteiger partial charge in [-0.2, -0.15) is 0 Å². The summed E-state index contributed by atoms with van der Waals surface area (Å²) >= 11 is 0. The number of nitrogens with one attached hydrogen (secondary N) is 2. The first-order chi connectivity index (χ1) is 12.6. The summed E-state index contributed by atoms with van der Waals surface area (Å²) in [7, 11) is 1.99. The Hall–Kier alpha value is -1.64. The number of aliphatic imine (C=N–C) groups is 1. The van der Waals surface area contributed by atoms with Gasteiger partial charge in [-0.15, -0.1) is 34.2 Å². The van der Waals surface area contributed by atoms with E-state index in [0.29, 0.717) is 19.1 Å². The summed E-state index contributed by atoms with van der Waals surface area (Å²) in [5, 5.41) is 15.4. The zero-order valence-electron chi connectivity index (χ0n) is 16.5. The Kier molecular flexibility index (Phi) is 8.53.